The Labute approximate surface area is 264 Å². The first kappa shape index (κ1) is 26.7. The van der Waals surface area contributed by atoms with Crippen molar-refractivity contribution in [2.45, 2.75) is 0 Å². The van der Waals surface area contributed by atoms with E-state index in [1.807, 2.05) is 36.4 Å². The van der Waals surface area contributed by atoms with Gasteiger partial charge in [0, 0.05) is 28.1 Å². The van der Waals surface area contributed by atoms with E-state index in [1.165, 1.54) is 5.46 Å². The number of nitrogens with zero attached hydrogens (tertiary/aromatic N) is 4. The molecule has 0 atom stereocenters. The number of benzene rings is 6. The Bertz CT molecular complexity index is 2010. The predicted molar refractivity (Wildman–Crippen MR) is 187 cm³/mol. The summed E-state index contributed by atoms with van der Waals surface area (Å²) in [5, 5.41) is 0. The first-order chi connectivity index (χ1) is 22.3. The molecule has 0 bridgehead atoms. The lowest BCUT2D eigenvalue weighted by Crippen LogP contribution is -2.53. The summed E-state index contributed by atoms with van der Waals surface area (Å²) in [6.45, 7) is -0.0855. The van der Waals surface area contributed by atoms with Crippen molar-refractivity contribution in [1.29, 1.82) is 0 Å². The minimum absolute atomic E-state index is 0.0855. The van der Waals surface area contributed by atoms with Crippen molar-refractivity contribution in [3.05, 3.63) is 176 Å². The Kier molecular flexibility index (Phi) is 6.89. The van der Waals surface area contributed by atoms with Gasteiger partial charge in [-0.15, -0.1) is 0 Å². The van der Waals surface area contributed by atoms with Crippen LogP contribution in [0.15, 0.2) is 176 Å². The summed E-state index contributed by atoms with van der Waals surface area (Å²) in [5.41, 5.74) is 10.6. The summed E-state index contributed by atoms with van der Waals surface area (Å²) in [6.07, 6.45) is 0. The zero-order valence-electron chi connectivity index (χ0n) is 24.6. The fourth-order valence-electron chi connectivity index (χ4n) is 6.21. The largest absolute Gasteiger partial charge is 0.420 e. The van der Waals surface area contributed by atoms with Gasteiger partial charge in [0.05, 0.1) is 22.8 Å². The van der Waals surface area contributed by atoms with E-state index in [-0.39, 0.29) is 6.98 Å². The maximum atomic E-state index is 5.11. The van der Waals surface area contributed by atoms with Gasteiger partial charge in [0.15, 0.2) is 5.82 Å². The minimum atomic E-state index is -0.0855. The molecule has 0 amide bonds. The van der Waals surface area contributed by atoms with Crippen LogP contribution in [0.5, 0.6) is 0 Å². The van der Waals surface area contributed by atoms with Gasteiger partial charge in [-0.05, 0) is 47.9 Å². The topological polar surface area (TPSA) is 32.3 Å². The van der Waals surface area contributed by atoms with E-state index in [4.69, 9.17) is 9.97 Å². The van der Waals surface area contributed by atoms with Crippen LogP contribution in [0.3, 0.4) is 0 Å². The predicted octanol–water partition coefficient (Wildman–Crippen LogP) is 9.16. The molecule has 7 aromatic rings. The van der Waals surface area contributed by atoms with Crippen LogP contribution in [-0.2, 0) is 0 Å². The lowest BCUT2D eigenvalue weighted by molar-refractivity contribution is 1.18. The second-order valence-corrected chi connectivity index (χ2v) is 11.1. The molecule has 1 aliphatic heterocycles. The van der Waals surface area contributed by atoms with E-state index >= 15 is 0 Å². The highest BCUT2D eigenvalue weighted by atomic mass is 15.3. The van der Waals surface area contributed by atoms with E-state index in [2.05, 4.69) is 149 Å². The van der Waals surface area contributed by atoms with Gasteiger partial charge in [0.2, 0.25) is 0 Å². The second kappa shape index (κ2) is 11.6. The van der Waals surface area contributed by atoms with Gasteiger partial charge in [-0.25, -0.2) is 9.97 Å². The molecule has 0 N–H and O–H groups in total. The number of anilines is 4. The van der Waals surface area contributed by atoms with E-state index in [1.54, 1.807) is 0 Å². The average Bonchev–Trinajstić information content (AvgIpc) is 3.48. The summed E-state index contributed by atoms with van der Waals surface area (Å²) in [5.74, 6) is 0.695. The molecule has 2 heterocycles. The molecule has 6 aromatic carbocycles. The number of aromatic nitrogens is 2. The van der Waals surface area contributed by atoms with Gasteiger partial charge in [0.1, 0.15) is 0 Å². The fraction of sp³-hybridized carbons (Fsp3) is 0. The van der Waals surface area contributed by atoms with Crippen LogP contribution >= 0.6 is 0 Å². The molecule has 5 heteroatoms. The monoisotopic (exact) mass is 576 g/mol. The van der Waals surface area contributed by atoms with E-state index < -0.39 is 0 Å². The summed E-state index contributed by atoms with van der Waals surface area (Å²) < 4.78 is 0. The van der Waals surface area contributed by atoms with Crippen molar-refractivity contribution in [3.63, 3.8) is 0 Å². The van der Waals surface area contributed by atoms with Gasteiger partial charge in [0.25, 0.3) is 0 Å². The fourth-order valence-corrected chi connectivity index (χ4v) is 6.21. The third kappa shape index (κ3) is 5.04. The van der Waals surface area contributed by atoms with Gasteiger partial charge in [-0.2, -0.15) is 0 Å². The molecule has 0 fully saturated rings. The van der Waals surface area contributed by atoms with E-state index in [0.717, 1.165) is 50.8 Å². The van der Waals surface area contributed by atoms with Crippen molar-refractivity contribution >= 4 is 35.2 Å². The summed E-state index contributed by atoms with van der Waals surface area (Å²) in [6, 6.07) is 61.4. The summed E-state index contributed by atoms with van der Waals surface area (Å²) >= 11 is 0. The SMILES string of the molecule is c1ccc(B2N(c3ccccc3)c3ccccc3N2c2cccc(-c3nc(-c4ccccc4)cc(-c4ccccc4)n3)c2)cc1. The first-order valence-electron chi connectivity index (χ1n) is 15.2. The quantitative estimate of drug-likeness (QED) is 0.185. The molecule has 0 unspecified atom stereocenters. The lowest BCUT2D eigenvalue weighted by atomic mass is 9.64. The van der Waals surface area contributed by atoms with Crippen molar-refractivity contribution in [2.24, 2.45) is 0 Å². The Hall–Kier alpha value is -5.94. The smallest absolute Gasteiger partial charge is 0.360 e. The van der Waals surface area contributed by atoms with Gasteiger partial charge >= 0.3 is 6.98 Å². The first-order valence-corrected chi connectivity index (χ1v) is 15.2. The van der Waals surface area contributed by atoms with Crippen LogP contribution in [0.2, 0.25) is 0 Å². The lowest BCUT2D eigenvalue weighted by Gasteiger charge is -2.30. The molecule has 4 nitrogen and oxygen atoms in total. The Morgan fingerprint density at radius 1 is 0.378 bits per heavy atom. The van der Waals surface area contributed by atoms with Crippen molar-refractivity contribution in [3.8, 4) is 33.9 Å². The van der Waals surface area contributed by atoms with E-state index in [9.17, 15) is 0 Å². The van der Waals surface area contributed by atoms with Crippen molar-refractivity contribution in [2.75, 3.05) is 9.62 Å². The molecule has 0 spiro atoms. The Morgan fingerprint density at radius 3 is 1.40 bits per heavy atom. The molecule has 0 aliphatic carbocycles. The van der Waals surface area contributed by atoms with Crippen LogP contribution in [0.1, 0.15) is 0 Å². The molecule has 0 radical (unpaired) electrons. The molecule has 0 saturated carbocycles. The standard InChI is InChI=1S/C40H29BN4/c1-5-16-30(17-6-1)36-29-37(31-18-7-2-8-19-31)43-40(42-36)32-20-15-25-35(28-32)45-39-27-14-13-26-38(39)44(34-23-11-4-12-24-34)41(45)33-21-9-3-10-22-33/h1-29H. The number of hydrogen-bond donors (Lipinski definition) is 0. The maximum Gasteiger partial charge on any atom is 0.420 e. The molecular weight excluding hydrogens is 547 g/mol. The zero-order valence-corrected chi connectivity index (χ0v) is 24.6. The molecular formula is C40H29BN4. The Morgan fingerprint density at radius 2 is 0.822 bits per heavy atom. The van der Waals surface area contributed by atoms with Crippen LogP contribution in [0.25, 0.3) is 33.9 Å². The van der Waals surface area contributed by atoms with Crippen LogP contribution < -0.4 is 15.1 Å². The average molecular weight is 577 g/mol. The zero-order chi connectivity index (χ0) is 30.0. The van der Waals surface area contributed by atoms with Crippen molar-refractivity contribution in [1.82, 2.24) is 9.97 Å². The third-order valence-electron chi connectivity index (χ3n) is 8.27. The van der Waals surface area contributed by atoms with E-state index in [0.29, 0.717) is 5.82 Å². The molecule has 1 aromatic heterocycles. The second-order valence-electron chi connectivity index (χ2n) is 11.1. The van der Waals surface area contributed by atoms with Gasteiger partial charge in [-0.1, -0.05) is 133 Å². The van der Waals surface area contributed by atoms with Crippen molar-refractivity contribution < 1.29 is 0 Å². The summed E-state index contributed by atoms with van der Waals surface area (Å²) in [4.78, 5) is 15.1. The number of rotatable bonds is 6. The van der Waals surface area contributed by atoms with Crippen LogP contribution in [0.4, 0.5) is 22.7 Å². The highest BCUT2D eigenvalue weighted by molar-refractivity contribution is 6.84. The maximum absolute atomic E-state index is 5.11. The minimum Gasteiger partial charge on any atom is -0.360 e. The van der Waals surface area contributed by atoms with Crippen LogP contribution in [0, 0.1) is 0 Å². The summed E-state index contributed by atoms with van der Waals surface area (Å²) in [7, 11) is 0. The number of fused-ring (bicyclic) bond motifs is 1. The number of para-hydroxylation sites is 3. The highest BCUT2D eigenvalue weighted by Gasteiger charge is 2.43. The normalized spacial score (nSPS) is 12.3. The van der Waals surface area contributed by atoms with Gasteiger partial charge < -0.3 is 9.62 Å². The molecule has 8 rings (SSSR count). The third-order valence-corrected chi connectivity index (χ3v) is 8.27. The molecule has 0 saturated heterocycles. The Balaban J connectivity index is 1.29. The number of hydrogen-bond acceptors (Lipinski definition) is 4. The molecule has 45 heavy (non-hydrogen) atoms. The molecule has 212 valence electrons. The molecule has 1 aliphatic rings. The van der Waals surface area contributed by atoms with Crippen LogP contribution in [-0.4, -0.2) is 17.0 Å². The van der Waals surface area contributed by atoms with Gasteiger partial charge in [-0.3, -0.25) is 0 Å². The highest BCUT2D eigenvalue weighted by Crippen LogP contribution is 2.46.